The molecule has 1 atom stereocenters. The fraction of sp³-hybridized carbons (Fsp3) is 0.542. The van der Waals surface area contributed by atoms with Crippen LogP contribution in [0.4, 0.5) is 5.00 Å². The third-order valence-electron chi connectivity index (χ3n) is 6.86. The van der Waals surface area contributed by atoms with Crippen LogP contribution < -0.4 is 11.1 Å². The molecule has 0 bridgehead atoms. The molecule has 0 spiro atoms. The lowest BCUT2D eigenvalue weighted by molar-refractivity contribution is -0.123. The van der Waals surface area contributed by atoms with Gasteiger partial charge in [0.2, 0.25) is 5.91 Å². The lowest BCUT2D eigenvalue weighted by Crippen LogP contribution is -2.42. The van der Waals surface area contributed by atoms with Crippen LogP contribution in [-0.4, -0.2) is 35.7 Å². The molecule has 3 heterocycles. The largest absolute Gasteiger partial charge is 0.369 e. The molecule has 3 amide bonds. The van der Waals surface area contributed by atoms with Gasteiger partial charge in [0, 0.05) is 23.9 Å². The molecule has 1 aliphatic heterocycles. The Morgan fingerprint density at radius 3 is 2.47 bits per heavy atom. The van der Waals surface area contributed by atoms with Crippen LogP contribution in [0.15, 0.2) is 17.5 Å². The van der Waals surface area contributed by atoms with E-state index in [0.717, 1.165) is 24.8 Å². The Morgan fingerprint density at radius 1 is 1.16 bits per heavy atom. The van der Waals surface area contributed by atoms with Crippen LogP contribution in [0.2, 0.25) is 0 Å². The van der Waals surface area contributed by atoms with E-state index < -0.39 is 0 Å². The first-order valence-corrected chi connectivity index (χ1v) is 12.9. The maximum Gasteiger partial charge on any atom is 0.266 e. The number of hydrogen-bond acceptors (Lipinski definition) is 5. The molecule has 32 heavy (non-hydrogen) atoms. The summed E-state index contributed by atoms with van der Waals surface area (Å²) in [4.78, 5) is 41.6. The molecule has 4 rings (SSSR count). The van der Waals surface area contributed by atoms with Gasteiger partial charge in [-0.1, -0.05) is 26.8 Å². The van der Waals surface area contributed by atoms with Crippen molar-refractivity contribution in [2.24, 2.45) is 23.0 Å². The Morgan fingerprint density at radius 2 is 1.88 bits per heavy atom. The molecular formula is C24H31N3O3S2. The van der Waals surface area contributed by atoms with Crippen LogP contribution in [-0.2, 0) is 17.6 Å². The zero-order valence-corrected chi connectivity index (χ0v) is 20.5. The minimum absolute atomic E-state index is 0.0406. The average Bonchev–Trinajstić information content (AvgIpc) is 3.40. The van der Waals surface area contributed by atoms with E-state index in [1.54, 1.807) is 17.4 Å². The maximum absolute atomic E-state index is 13.6. The minimum atomic E-state index is -0.290. The van der Waals surface area contributed by atoms with Crippen LogP contribution in [0.25, 0.3) is 0 Å². The Kier molecular flexibility index (Phi) is 6.45. The van der Waals surface area contributed by atoms with E-state index in [-0.39, 0.29) is 29.1 Å². The summed E-state index contributed by atoms with van der Waals surface area (Å²) in [7, 11) is 0. The fourth-order valence-corrected chi connectivity index (χ4v) is 6.67. The molecule has 2 aliphatic rings. The van der Waals surface area contributed by atoms with Gasteiger partial charge in [-0.3, -0.25) is 14.4 Å². The number of carbonyl (C=O) groups is 3. The van der Waals surface area contributed by atoms with Crippen molar-refractivity contribution in [3.63, 3.8) is 0 Å². The number of likely N-dealkylation sites (tertiary alicyclic amines) is 1. The second-order valence-corrected chi connectivity index (χ2v) is 12.0. The molecule has 6 nitrogen and oxygen atoms in total. The van der Waals surface area contributed by atoms with Gasteiger partial charge in [-0.25, -0.2) is 0 Å². The van der Waals surface area contributed by atoms with E-state index >= 15 is 0 Å². The van der Waals surface area contributed by atoms with Crippen molar-refractivity contribution in [1.29, 1.82) is 0 Å². The Labute approximate surface area is 197 Å². The number of thiophene rings is 2. The van der Waals surface area contributed by atoms with Gasteiger partial charge in [-0.15, -0.1) is 22.7 Å². The van der Waals surface area contributed by atoms with Crippen molar-refractivity contribution in [3.05, 3.63) is 38.4 Å². The maximum atomic E-state index is 13.6. The molecule has 1 fully saturated rings. The normalized spacial score (nSPS) is 19.5. The second-order valence-electron chi connectivity index (χ2n) is 9.91. The number of carbonyl (C=O) groups excluding carboxylic acids is 3. The molecule has 2 aromatic heterocycles. The van der Waals surface area contributed by atoms with Crippen molar-refractivity contribution in [2.75, 3.05) is 18.4 Å². The van der Waals surface area contributed by atoms with Gasteiger partial charge >= 0.3 is 0 Å². The summed E-state index contributed by atoms with van der Waals surface area (Å²) in [6.07, 6.45) is 4.01. The van der Waals surface area contributed by atoms with Crippen molar-refractivity contribution < 1.29 is 14.4 Å². The zero-order valence-electron chi connectivity index (χ0n) is 18.9. The van der Waals surface area contributed by atoms with Crippen LogP contribution in [0.5, 0.6) is 0 Å². The van der Waals surface area contributed by atoms with Gasteiger partial charge in [-0.2, -0.15) is 0 Å². The SMILES string of the molecule is CC(C)(C)C1CCc2c(sc(NC(=O)c3cccs3)c2C(=O)N2CCC(C(N)=O)CC2)C1. The number of hydrogen-bond donors (Lipinski definition) is 2. The van der Waals surface area contributed by atoms with Crippen molar-refractivity contribution in [1.82, 2.24) is 4.90 Å². The standard InChI is InChI=1S/C24H31N3O3S2/c1-24(2,3)15-6-7-16-18(13-15)32-22(26-21(29)17-5-4-12-31-17)19(16)23(30)27-10-8-14(9-11-27)20(25)28/h4-5,12,14-15H,6-11,13H2,1-3H3,(H2,25,28)(H,26,29). The van der Waals surface area contributed by atoms with Crippen LogP contribution in [0.1, 0.15) is 70.5 Å². The van der Waals surface area contributed by atoms with E-state index in [0.29, 0.717) is 47.3 Å². The predicted molar refractivity (Wildman–Crippen MR) is 129 cm³/mol. The Bertz CT molecular complexity index is 1010. The highest BCUT2D eigenvalue weighted by atomic mass is 32.1. The average molecular weight is 474 g/mol. The molecule has 8 heteroatoms. The number of piperidine rings is 1. The number of amides is 3. The molecule has 172 valence electrons. The molecule has 3 N–H and O–H groups in total. The third-order valence-corrected chi connectivity index (χ3v) is 8.90. The molecule has 1 unspecified atom stereocenters. The summed E-state index contributed by atoms with van der Waals surface area (Å²) in [6, 6.07) is 3.64. The molecule has 1 aliphatic carbocycles. The number of rotatable bonds is 4. The zero-order chi connectivity index (χ0) is 23.0. The Hall–Kier alpha value is -2.19. The summed E-state index contributed by atoms with van der Waals surface area (Å²) >= 11 is 2.94. The number of nitrogens with two attached hydrogens (primary N) is 1. The van der Waals surface area contributed by atoms with E-state index in [9.17, 15) is 14.4 Å². The third kappa shape index (κ3) is 4.62. The molecule has 0 radical (unpaired) electrons. The van der Waals surface area contributed by atoms with Crippen molar-refractivity contribution >= 4 is 45.4 Å². The number of anilines is 1. The second kappa shape index (κ2) is 8.98. The number of primary amides is 1. The topological polar surface area (TPSA) is 92.5 Å². The molecule has 1 saturated heterocycles. The predicted octanol–water partition coefficient (Wildman–Crippen LogP) is 4.55. The van der Waals surface area contributed by atoms with E-state index in [2.05, 4.69) is 26.1 Å². The highest BCUT2D eigenvalue weighted by molar-refractivity contribution is 7.17. The monoisotopic (exact) mass is 473 g/mol. The molecule has 0 aromatic carbocycles. The van der Waals surface area contributed by atoms with E-state index in [4.69, 9.17) is 5.73 Å². The van der Waals surface area contributed by atoms with Crippen LogP contribution in [0.3, 0.4) is 0 Å². The molecular weight excluding hydrogens is 442 g/mol. The fourth-order valence-electron chi connectivity index (χ4n) is 4.74. The molecule has 2 aromatic rings. The van der Waals surface area contributed by atoms with Gasteiger partial charge in [0.05, 0.1) is 10.4 Å². The van der Waals surface area contributed by atoms with Gasteiger partial charge in [0.25, 0.3) is 11.8 Å². The first kappa shape index (κ1) is 23.0. The number of nitrogens with zero attached hydrogens (tertiary/aromatic N) is 1. The summed E-state index contributed by atoms with van der Waals surface area (Å²) < 4.78 is 0. The van der Waals surface area contributed by atoms with Crippen LogP contribution >= 0.6 is 22.7 Å². The Balaban J connectivity index is 1.63. The van der Waals surface area contributed by atoms with Gasteiger partial charge in [-0.05, 0) is 60.4 Å². The number of fused-ring (bicyclic) bond motifs is 1. The van der Waals surface area contributed by atoms with Gasteiger partial charge < -0.3 is 16.0 Å². The highest BCUT2D eigenvalue weighted by Gasteiger charge is 2.36. The number of nitrogens with one attached hydrogen (secondary N) is 1. The van der Waals surface area contributed by atoms with Crippen LogP contribution in [0, 0.1) is 17.3 Å². The molecule has 0 saturated carbocycles. The lowest BCUT2D eigenvalue weighted by Gasteiger charge is -2.34. The lowest BCUT2D eigenvalue weighted by atomic mass is 9.72. The smallest absolute Gasteiger partial charge is 0.266 e. The van der Waals surface area contributed by atoms with Gasteiger partial charge in [0.15, 0.2) is 0 Å². The first-order valence-electron chi connectivity index (χ1n) is 11.2. The van der Waals surface area contributed by atoms with Crippen molar-refractivity contribution in [2.45, 2.75) is 52.9 Å². The van der Waals surface area contributed by atoms with E-state index in [1.165, 1.54) is 16.2 Å². The summed E-state index contributed by atoms with van der Waals surface area (Å²) in [5.41, 5.74) is 7.41. The first-order chi connectivity index (χ1) is 15.1. The minimum Gasteiger partial charge on any atom is -0.369 e. The summed E-state index contributed by atoms with van der Waals surface area (Å²) in [5, 5.41) is 5.57. The van der Waals surface area contributed by atoms with E-state index in [1.807, 2.05) is 16.3 Å². The highest BCUT2D eigenvalue weighted by Crippen LogP contribution is 2.45. The summed E-state index contributed by atoms with van der Waals surface area (Å²) in [5.74, 6) is -0.125. The summed E-state index contributed by atoms with van der Waals surface area (Å²) in [6.45, 7) is 7.83. The quantitative estimate of drug-likeness (QED) is 0.682. The van der Waals surface area contributed by atoms with Gasteiger partial charge in [0.1, 0.15) is 5.00 Å². The van der Waals surface area contributed by atoms with Crippen molar-refractivity contribution in [3.8, 4) is 0 Å².